The average Bonchev–Trinajstić information content (AvgIpc) is 3.07. The van der Waals surface area contributed by atoms with Crippen LogP contribution in [0.25, 0.3) is 10.9 Å². The zero-order valence-corrected chi connectivity index (χ0v) is 19.2. The zero-order valence-electron chi connectivity index (χ0n) is 17.7. The number of nitro benzene ring substituents is 2. The number of carbonyl (C=O) groups is 1. The second-order valence-corrected chi connectivity index (χ2v) is 8.14. The molecule has 0 spiro atoms. The van der Waals surface area contributed by atoms with Crippen molar-refractivity contribution in [2.75, 3.05) is 5.32 Å². The Bertz CT molecular complexity index is 1500. The van der Waals surface area contributed by atoms with E-state index >= 15 is 0 Å². The molecule has 2 N–H and O–H groups in total. The minimum Gasteiger partial charge on any atom is -0.493 e. The van der Waals surface area contributed by atoms with Gasteiger partial charge in [-0.2, -0.15) is 0 Å². The topological polar surface area (TPSA) is 165 Å². The fourth-order valence-electron chi connectivity index (χ4n) is 3.38. The third-order valence-corrected chi connectivity index (χ3v) is 5.45. The van der Waals surface area contributed by atoms with Gasteiger partial charge in [-0.25, -0.2) is 0 Å². The lowest BCUT2D eigenvalue weighted by Gasteiger charge is -2.08. The summed E-state index contributed by atoms with van der Waals surface area (Å²) in [4.78, 5) is 33.4. The molecule has 0 saturated heterocycles. The summed E-state index contributed by atoms with van der Waals surface area (Å²) in [6.45, 7) is -0.244. The van der Waals surface area contributed by atoms with E-state index in [-0.39, 0.29) is 23.8 Å². The molecule has 1 aromatic heterocycles. The number of rotatable bonds is 7. The Hall–Kier alpha value is -4.65. The summed E-state index contributed by atoms with van der Waals surface area (Å²) in [7, 11) is 0. The van der Waals surface area contributed by atoms with E-state index in [4.69, 9.17) is 0 Å². The van der Waals surface area contributed by atoms with Crippen molar-refractivity contribution in [1.29, 1.82) is 0 Å². The summed E-state index contributed by atoms with van der Waals surface area (Å²) in [6.07, 6.45) is 0. The van der Waals surface area contributed by atoms with Gasteiger partial charge in [0.15, 0.2) is 11.4 Å². The van der Waals surface area contributed by atoms with Crippen LogP contribution >= 0.6 is 15.9 Å². The predicted molar refractivity (Wildman–Crippen MR) is 130 cm³/mol. The number of aromatic nitrogens is 1. The van der Waals surface area contributed by atoms with Crippen molar-refractivity contribution in [2.24, 2.45) is 10.2 Å². The van der Waals surface area contributed by atoms with E-state index in [0.29, 0.717) is 21.1 Å². The highest BCUT2D eigenvalue weighted by Crippen LogP contribution is 2.41. The number of halogens is 1. The molecule has 0 saturated carbocycles. The number of anilines is 1. The van der Waals surface area contributed by atoms with E-state index in [1.165, 1.54) is 4.57 Å². The summed E-state index contributed by atoms with van der Waals surface area (Å²) in [5.74, 6) is -0.782. The maximum absolute atomic E-state index is 12.6. The van der Waals surface area contributed by atoms with E-state index < -0.39 is 27.1 Å². The molecule has 4 aromatic rings. The lowest BCUT2D eigenvalue weighted by Crippen LogP contribution is -2.18. The van der Waals surface area contributed by atoms with Crippen LogP contribution in [0.1, 0.15) is 0 Å². The van der Waals surface area contributed by atoms with Crippen molar-refractivity contribution in [3.8, 4) is 5.88 Å². The van der Waals surface area contributed by atoms with Crippen molar-refractivity contribution < 1.29 is 19.7 Å². The van der Waals surface area contributed by atoms with Gasteiger partial charge in [-0.1, -0.05) is 34.1 Å². The van der Waals surface area contributed by atoms with Gasteiger partial charge in [0, 0.05) is 21.6 Å². The van der Waals surface area contributed by atoms with Crippen LogP contribution in [-0.4, -0.2) is 25.4 Å². The minimum atomic E-state index is -0.811. The average molecular weight is 539 g/mol. The van der Waals surface area contributed by atoms with Gasteiger partial charge in [0.2, 0.25) is 11.8 Å². The summed E-state index contributed by atoms with van der Waals surface area (Å²) < 4.78 is 1.99. The largest absolute Gasteiger partial charge is 0.493 e. The standard InChI is InChI=1S/C22H15BrN6O6/c23-13-6-9-18-16(10-13)21(22(31)27(18)12-20(30)24-14-4-2-1-3-5-14)26-25-17-8-7-15(28(32)33)11-19(17)29(34)35/h1-11,31H,12H2,(H,24,30). The van der Waals surface area contributed by atoms with Gasteiger partial charge in [0.05, 0.1) is 21.4 Å². The SMILES string of the molecule is O=C(Cn1c(O)c(N=Nc2ccc([N+](=O)[O-])cc2[N+](=O)[O-])c2cc(Br)ccc21)Nc1ccccc1. The number of nitro groups is 2. The molecule has 0 aliphatic rings. The van der Waals surface area contributed by atoms with Gasteiger partial charge in [0.25, 0.3) is 5.69 Å². The van der Waals surface area contributed by atoms with Crippen LogP contribution in [0, 0.1) is 20.2 Å². The second-order valence-electron chi connectivity index (χ2n) is 7.22. The first-order chi connectivity index (χ1) is 16.7. The molecular weight excluding hydrogens is 524 g/mol. The number of hydrogen-bond acceptors (Lipinski definition) is 8. The summed E-state index contributed by atoms with van der Waals surface area (Å²) in [6, 6.07) is 16.8. The predicted octanol–water partition coefficient (Wildman–Crippen LogP) is 5.98. The molecule has 0 radical (unpaired) electrons. The van der Waals surface area contributed by atoms with Gasteiger partial charge in [-0.15, -0.1) is 10.2 Å². The van der Waals surface area contributed by atoms with Crippen molar-refractivity contribution >= 4 is 61.2 Å². The van der Waals surface area contributed by atoms with E-state index in [9.17, 15) is 30.1 Å². The van der Waals surface area contributed by atoms with Crippen LogP contribution in [0.4, 0.5) is 28.4 Å². The Morgan fingerprint density at radius 3 is 2.43 bits per heavy atom. The van der Waals surface area contributed by atoms with Crippen LogP contribution in [-0.2, 0) is 11.3 Å². The maximum Gasteiger partial charge on any atom is 0.303 e. The number of carbonyl (C=O) groups excluding carboxylic acids is 1. The number of fused-ring (bicyclic) bond motifs is 1. The van der Waals surface area contributed by atoms with E-state index in [0.717, 1.165) is 18.2 Å². The lowest BCUT2D eigenvalue weighted by atomic mass is 10.2. The smallest absolute Gasteiger partial charge is 0.303 e. The monoisotopic (exact) mass is 538 g/mol. The molecule has 3 aromatic carbocycles. The first-order valence-electron chi connectivity index (χ1n) is 9.95. The number of benzene rings is 3. The number of non-ortho nitro benzene ring substituents is 1. The van der Waals surface area contributed by atoms with Gasteiger partial charge in [0.1, 0.15) is 6.54 Å². The number of nitrogens with one attached hydrogen (secondary N) is 1. The number of azo groups is 1. The Labute approximate surface area is 205 Å². The molecule has 1 heterocycles. The molecule has 0 aliphatic carbocycles. The van der Waals surface area contributed by atoms with Gasteiger partial charge in [-0.05, 0) is 36.4 Å². The number of para-hydroxylation sites is 1. The third-order valence-electron chi connectivity index (χ3n) is 4.96. The number of hydrogen-bond donors (Lipinski definition) is 2. The Balaban J connectivity index is 1.73. The normalized spacial score (nSPS) is 11.1. The molecule has 13 heteroatoms. The summed E-state index contributed by atoms with van der Waals surface area (Å²) in [5, 5.41) is 44.3. The molecule has 0 aliphatic heterocycles. The summed E-state index contributed by atoms with van der Waals surface area (Å²) in [5.41, 5.74) is -0.292. The van der Waals surface area contributed by atoms with Crippen molar-refractivity contribution in [3.05, 3.63) is 91.4 Å². The molecule has 4 rings (SSSR count). The van der Waals surface area contributed by atoms with Crippen LogP contribution in [0.5, 0.6) is 5.88 Å². The first-order valence-corrected chi connectivity index (χ1v) is 10.7. The number of aromatic hydroxyl groups is 1. The summed E-state index contributed by atoms with van der Waals surface area (Å²) >= 11 is 3.35. The number of nitrogens with zero attached hydrogens (tertiary/aromatic N) is 5. The van der Waals surface area contributed by atoms with Crippen molar-refractivity contribution in [1.82, 2.24) is 4.57 Å². The molecule has 0 fully saturated rings. The fourth-order valence-corrected chi connectivity index (χ4v) is 3.74. The van der Waals surface area contributed by atoms with E-state index in [1.54, 1.807) is 42.5 Å². The minimum absolute atomic E-state index is 0.0264. The van der Waals surface area contributed by atoms with Crippen LogP contribution in [0.15, 0.2) is 81.4 Å². The van der Waals surface area contributed by atoms with Gasteiger partial charge < -0.3 is 15.0 Å². The molecule has 0 atom stereocenters. The Kier molecular flexibility index (Phi) is 6.51. The molecule has 0 bridgehead atoms. The molecule has 176 valence electrons. The highest BCUT2D eigenvalue weighted by Gasteiger charge is 2.22. The quantitative estimate of drug-likeness (QED) is 0.167. The Morgan fingerprint density at radius 2 is 1.74 bits per heavy atom. The first kappa shape index (κ1) is 23.5. The molecule has 0 unspecified atom stereocenters. The van der Waals surface area contributed by atoms with Crippen molar-refractivity contribution in [2.45, 2.75) is 6.54 Å². The van der Waals surface area contributed by atoms with Crippen LogP contribution in [0.3, 0.4) is 0 Å². The van der Waals surface area contributed by atoms with Crippen molar-refractivity contribution in [3.63, 3.8) is 0 Å². The number of amides is 1. The van der Waals surface area contributed by atoms with E-state index in [1.807, 2.05) is 6.07 Å². The van der Waals surface area contributed by atoms with Gasteiger partial charge >= 0.3 is 5.69 Å². The van der Waals surface area contributed by atoms with Crippen LogP contribution < -0.4 is 5.32 Å². The Morgan fingerprint density at radius 1 is 1.00 bits per heavy atom. The van der Waals surface area contributed by atoms with E-state index in [2.05, 4.69) is 31.5 Å². The zero-order chi connectivity index (χ0) is 25.1. The molecule has 12 nitrogen and oxygen atoms in total. The highest BCUT2D eigenvalue weighted by molar-refractivity contribution is 9.10. The maximum atomic E-state index is 12.6. The molecule has 1 amide bonds. The van der Waals surface area contributed by atoms with Gasteiger partial charge in [-0.3, -0.25) is 25.0 Å². The highest BCUT2D eigenvalue weighted by atomic mass is 79.9. The molecular formula is C22H15BrN6O6. The fraction of sp³-hybridized carbons (Fsp3) is 0.0455. The van der Waals surface area contributed by atoms with Crippen LogP contribution in [0.2, 0.25) is 0 Å². The third kappa shape index (κ3) is 4.99. The second kappa shape index (κ2) is 9.69. The molecule has 35 heavy (non-hydrogen) atoms. The lowest BCUT2D eigenvalue weighted by molar-refractivity contribution is -0.393.